The van der Waals surface area contributed by atoms with Crippen molar-refractivity contribution in [3.63, 3.8) is 0 Å². The molecule has 1 saturated heterocycles. The lowest BCUT2D eigenvalue weighted by atomic mass is 10.1. The first-order valence-electron chi connectivity index (χ1n) is 9.31. The van der Waals surface area contributed by atoms with E-state index in [1.807, 2.05) is 13.0 Å². The van der Waals surface area contributed by atoms with Crippen LogP contribution in [0.5, 0.6) is 0 Å². The molecule has 0 aromatic heterocycles. The minimum atomic E-state index is -0.220. The molecular formula is C21H28FIN4. The number of anilines is 1. The minimum absolute atomic E-state index is 0. The molecule has 27 heavy (non-hydrogen) atoms. The highest BCUT2D eigenvalue weighted by atomic mass is 127. The van der Waals surface area contributed by atoms with Gasteiger partial charge >= 0.3 is 0 Å². The quantitative estimate of drug-likeness (QED) is 0.371. The number of guanidine groups is 1. The van der Waals surface area contributed by atoms with Gasteiger partial charge in [0.05, 0.1) is 6.54 Å². The fourth-order valence-corrected chi connectivity index (χ4v) is 3.26. The summed E-state index contributed by atoms with van der Waals surface area (Å²) in [5, 5.41) is 6.70. The lowest BCUT2D eigenvalue weighted by Crippen LogP contribution is -2.40. The van der Waals surface area contributed by atoms with Crippen molar-refractivity contribution < 1.29 is 4.39 Å². The summed E-state index contributed by atoms with van der Waals surface area (Å²) in [4.78, 5) is 7.01. The first-order valence-corrected chi connectivity index (χ1v) is 9.31. The Balaban J connectivity index is 0.00000261. The van der Waals surface area contributed by atoms with Gasteiger partial charge in [0.2, 0.25) is 0 Å². The molecule has 1 aliphatic heterocycles. The van der Waals surface area contributed by atoms with E-state index in [-0.39, 0.29) is 29.8 Å². The molecular weight excluding hydrogens is 454 g/mol. The van der Waals surface area contributed by atoms with Crippen LogP contribution >= 0.6 is 24.0 Å². The van der Waals surface area contributed by atoms with E-state index in [4.69, 9.17) is 0 Å². The number of nitrogens with zero attached hydrogens (tertiary/aromatic N) is 2. The van der Waals surface area contributed by atoms with Crippen molar-refractivity contribution in [2.75, 3.05) is 31.1 Å². The second-order valence-electron chi connectivity index (χ2n) is 6.64. The molecule has 0 aliphatic carbocycles. The summed E-state index contributed by atoms with van der Waals surface area (Å²) in [5.41, 5.74) is 2.17. The molecule has 1 heterocycles. The normalized spacial score (nSPS) is 16.7. The zero-order chi connectivity index (χ0) is 18.2. The van der Waals surface area contributed by atoms with E-state index in [0.29, 0.717) is 12.5 Å². The molecule has 0 saturated carbocycles. The average Bonchev–Trinajstić information content (AvgIpc) is 3.14. The number of para-hydroxylation sites is 1. The van der Waals surface area contributed by atoms with E-state index in [1.165, 1.54) is 24.2 Å². The molecule has 0 spiro atoms. The molecule has 1 unspecified atom stereocenters. The van der Waals surface area contributed by atoms with Crippen LogP contribution in [-0.4, -0.2) is 32.1 Å². The summed E-state index contributed by atoms with van der Waals surface area (Å²) in [6, 6.07) is 17.2. The van der Waals surface area contributed by atoms with Crippen molar-refractivity contribution in [3.8, 4) is 0 Å². The van der Waals surface area contributed by atoms with Crippen LogP contribution in [0.15, 0.2) is 59.6 Å². The van der Waals surface area contributed by atoms with Crippen LogP contribution in [0, 0.1) is 11.7 Å². The van der Waals surface area contributed by atoms with Gasteiger partial charge in [0.1, 0.15) is 5.82 Å². The van der Waals surface area contributed by atoms with Gasteiger partial charge in [-0.05, 0) is 49.1 Å². The van der Waals surface area contributed by atoms with Gasteiger partial charge in [0, 0.05) is 31.9 Å². The Morgan fingerprint density at radius 2 is 1.96 bits per heavy atom. The van der Waals surface area contributed by atoms with E-state index in [0.717, 1.165) is 37.7 Å². The Hall–Kier alpha value is -1.83. The average molecular weight is 482 g/mol. The molecule has 2 N–H and O–H groups in total. The number of nitrogens with one attached hydrogen (secondary N) is 2. The Bertz CT molecular complexity index is 723. The Morgan fingerprint density at radius 1 is 1.15 bits per heavy atom. The third-order valence-corrected chi connectivity index (χ3v) is 4.62. The van der Waals surface area contributed by atoms with E-state index in [1.54, 1.807) is 6.07 Å². The molecule has 1 aliphatic rings. The van der Waals surface area contributed by atoms with Gasteiger partial charge in [-0.1, -0.05) is 30.3 Å². The molecule has 2 aromatic rings. The summed E-state index contributed by atoms with van der Waals surface area (Å²) >= 11 is 0. The Labute approximate surface area is 178 Å². The van der Waals surface area contributed by atoms with Gasteiger partial charge in [-0.25, -0.2) is 9.38 Å². The molecule has 146 valence electrons. The third-order valence-electron chi connectivity index (χ3n) is 4.62. The van der Waals surface area contributed by atoms with E-state index >= 15 is 0 Å². The zero-order valence-electron chi connectivity index (χ0n) is 15.7. The van der Waals surface area contributed by atoms with Crippen molar-refractivity contribution in [2.45, 2.75) is 19.9 Å². The molecule has 0 bridgehead atoms. The van der Waals surface area contributed by atoms with Gasteiger partial charge in [-0.3, -0.25) is 0 Å². The van der Waals surface area contributed by atoms with Crippen LogP contribution in [0.25, 0.3) is 0 Å². The molecule has 4 nitrogen and oxygen atoms in total. The lowest BCUT2D eigenvalue weighted by Gasteiger charge is -2.19. The van der Waals surface area contributed by atoms with E-state index in [2.05, 4.69) is 50.9 Å². The molecule has 1 fully saturated rings. The summed E-state index contributed by atoms with van der Waals surface area (Å²) < 4.78 is 13.3. The van der Waals surface area contributed by atoms with Crippen LogP contribution in [0.2, 0.25) is 0 Å². The van der Waals surface area contributed by atoms with Crippen molar-refractivity contribution in [1.29, 1.82) is 0 Å². The highest BCUT2D eigenvalue weighted by Crippen LogP contribution is 2.22. The number of halogens is 2. The molecule has 0 amide bonds. The van der Waals surface area contributed by atoms with Crippen molar-refractivity contribution in [1.82, 2.24) is 10.6 Å². The number of rotatable bonds is 6. The molecule has 3 rings (SSSR count). The molecule has 1 atom stereocenters. The van der Waals surface area contributed by atoms with Crippen molar-refractivity contribution >= 4 is 35.6 Å². The second-order valence-corrected chi connectivity index (χ2v) is 6.64. The maximum Gasteiger partial charge on any atom is 0.191 e. The molecule has 6 heteroatoms. The van der Waals surface area contributed by atoms with E-state index < -0.39 is 0 Å². The van der Waals surface area contributed by atoms with Gasteiger partial charge in [0.25, 0.3) is 0 Å². The predicted octanol–water partition coefficient (Wildman–Crippen LogP) is 4.03. The van der Waals surface area contributed by atoms with E-state index in [9.17, 15) is 4.39 Å². The highest BCUT2D eigenvalue weighted by Gasteiger charge is 2.22. The maximum atomic E-state index is 13.3. The summed E-state index contributed by atoms with van der Waals surface area (Å²) in [7, 11) is 0. The van der Waals surface area contributed by atoms with Crippen LogP contribution < -0.4 is 15.5 Å². The summed E-state index contributed by atoms with van der Waals surface area (Å²) in [5.74, 6) is 1.16. The Morgan fingerprint density at radius 3 is 2.70 bits per heavy atom. The topological polar surface area (TPSA) is 39.7 Å². The van der Waals surface area contributed by atoms with Crippen molar-refractivity contribution in [3.05, 3.63) is 66.0 Å². The maximum absolute atomic E-state index is 13.3. The summed E-state index contributed by atoms with van der Waals surface area (Å²) in [6.45, 7) is 6.35. The summed E-state index contributed by atoms with van der Waals surface area (Å²) in [6.07, 6.45) is 1.17. The first kappa shape index (κ1) is 21.5. The lowest BCUT2D eigenvalue weighted by molar-refractivity contribution is 0.565. The largest absolute Gasteiger partial charge is 0.371 e. The molecule has 0 radical (unpaired) electrons. The Kier molecular flexibility index (Phi) is 8.84. The van der Waals surface area contributed by atoms with Gasteiger partial charge in [-0.15, -0.1) is 24.0 Å². The standard InChI is InChI=1S/C21H27FN4.HI/c1-2-23-21(24-14-17-7-6-8-19(22)13-17)25-15-18-11-12-26(16-18)20-9-4-3-5-10-20;/h3-10,13,18H,2,11-12,14-16H2,1H3,(H2,23,24,25);1H. The highest BCUT2D eigenvalue weighted by molar-refractivity contribution is 14.0. The first-order chi connectivity index (χ1) is 12.7. The van der Waals surface area contributed by atoms with Gasteiger partial charge in [0.15, 0.2) is 5.96 Å². The fraction of sp³-hybridized carbons (Fsp3) is 0.381. The molecule has 2 aromatic carbocycles. The number of hydrogen-bond donors (Lipinski definition) is 2. The van der Waals surface area contributed by atoms with Crippen LogP contribution in [-0.2, 0) is 6.54 Å². The van der Waals surface area contributed by atoms with Gasteiger partial charge in [-0.2, -0.15) is 0 Å². The smallest absolute Gasteiger partial charge is 0.191 e. The third kappa shape index (κ3) is 6.68. The predicted molar refractivity (Wildman–Crippen MR) is 121 cm³/mol. The monoisotopic (exact) mass is 482 g/mol. The van der Waals surface area contributed by atoms with Gasteiger partial charge < -0.3 is 15.5 Å². The number of benzene rings is 2. The number of hydrogen-bond acceptors (Lipinski definition) is 2. The SMILES string of the molecule is CCNC(=NCc1cccc(F)c1)NCC1CCN(c2ccccc2)C1.I. The fourth-order valence-electron chi connectivity index (χ4n) is 3.26. The van der Waals surface area contributed by atoms with Crippen LogP contribution in [0.1, 0.15) is 18.9 Å². The van der Waals surface area contributed by atoms with Crippen molar-refractivity contribution in [2.24, 2.45) is 10.9 Å². The van der Waals surface area contributed by atoms with Crippen LogP contribution in [0.4, 0.5) is 10.1 Å². The number of aliphatic imine (C=N–C) groups is 1. The van der Waals surface area contributed by atoms with Crippen LogP contribution in [0.3, 0.4) is 0 Å². The second kappa shape index (κ2) is 11.1. The zero-order valence-corrected chi connectivity index (χ0v) is 18.0. The minimum Gasteiger partial charge on any atom is -0.371 e.